The van der Waals surface area contributed by atoms with Crippen LogP contribution in [0.3, 0.4) is 0 Å². The zero-order valence-corrected chi connectivity index (χ0v) is 14.1. The van der Waals surface area contributed by atoms with E-state index >= 15 is 0 Å². The van der Waals surface area contributed by atoms with E-state index in [4.69, 9.17) is 4.74 Å². The van der Waals surface area contributed by atoms with Crippen molar-refractivity contribution in [3.63, 3.8) is 0 Å². The van der Waals surface area contributed by atoms with Gasteiger partial charge in [0, 0.05) is 12.0 Å². The molecule has 0 spiro atoms. The summed E-state index contributed by atoms with van der Waals surface area (Å²) >= 11 is 0. The van der Waals surface area contributed by atoms with E-state index in [1.807, 2.05) is 0 Å². The van der Waals surface area contributed by atoms with Gasteiger partial charge >= 0.3 is 0 Å². The summed E-state index contributed by atoms with van der Waals surface area (Å²) < 4.78 is 5.77. The molecule has 2 aromatic carbocycles. The SMILES string of the molecule is CC(C)(O)[C@H]1Cc2c(O)ccc(C(=O)/C=C/c3ccc(O)cc3)c2O1. The van der Waals surface area contributed by atoms with Crippen molar-refractivity contribution >= 4 is 11.9 Å². The number of ether oxygens (including phenoxy) is 1. The lowest BCUT2D eigenvalue weighted by molar-refractivity contribution is -0.0231. The third kappa shape index (κ3) is 3.51. The highest BCUT2D eigenvalue weighted by atomic mass is 16.5. The number of phenols is 2. The van der Waals surface area contributed by atoms with Crippen molar-refractivity contribution in [1.29, 1.82) is 0 Å². The lowest BCUT2D eigenvalue weighted by Gasteiger charge is -2.24. The number of hydrogen-bond acceptors (Lipinski definition) is 5. The van der Waals surface area contributed by atoms with E-state index in [-0.39, 0.29) is 17.3 Å². The van der Waals surface area contributed by atoms with Crippen LogP contribution in [-0.4, -0.2) is 32.8 Å². The van der Waals surface area contributed by atoms with Gasteiger partial charge in [0.15, 0.2) is 5.78 Å². The average Bonchev–Trinajstić information content (AvgIpc) is 3.01. The molecule has 0 radical (unpaired) electrons. The molecule has 0 bridgehead atoms. The van der Waals surface area contributed by atoms with Crippen molar-refractivity contribution in [3.05, 3.63) is 59.2 Å². The maximum absolute atomic E-state index is 12.6. The van der Waals surface area contributed by atoms with Gasteiger partial charge in [0.2, 0.25) is 0 Å². The molecule has 0 aliphatic carbocycles. The molecule has 130 valence electrons. The lowest BCUT2D eigenvalue weighted by atomic mass is 9.96. The van der Waals surface area contributed by atoms with E-state index in [1.165, 1.54) is 18.2 Å². The molecule has 5 nitrogen and oxygen atoms in total. The summed E-state index contributed by atoms with van der Waals surface area (Å²) in [7, 11) is 0. The number of carbonyl (C=O) groups excluding carboxylic acids is 1. The summed E-state index contributed by atoms with van der Waals surface area (Å²) in [5, 5.41) is 29.5. The van der Waals surface area contributed by atoms with Crippen molar-refractivity contribution in [2.75, 3.05) is 0 Å². The normalized spacial score (nSPS) is 16.7. The second-order valence-electron chi connectivity index (χ2n) is 6.69. The van der Waals surface area contributed by atoms with Crippen molar-refractivity contribution in [2.45, 2.75) is 32.0 Å². The van der Waals surface area contributed by atoms with Gasteiger partial charge in [-0.3, -0.25) is 4.79 Å². The standard InChI is InChI=1S/C20H20O5/c1-20(2,24)18-11-15-17(23)10-8-14(19(15)25-18)16(22)9-5-12-3-6-13(21)7-4-12/h3-10,18,21,23-24H,11H2,1-2H3/b9-5+/t18-/m1/s1. The number of benzene rings is 2. The largest absolute Gasteiger partial charge is 0.508 e. The molecule has 0 fully saturated rings. The fourth-order valence-corrected chi connectivity index (χ4v) is 2.75. The van der Waals surface area contributed by atoms with Crippen molar-refractivity contribution in [1.82, 2.24) is 0 Å². The van der Waals surface area contributed by atoms with Crippen LogP contribution in [0.1, 0.15) is 35.3 Å². The van der Waals surface area contributed by atoms with Crippen LogP contribution in [0.15, 0.2) is 42.5 Å². The van der Waals surface area contributed by atoms with Gasteiger partial charge in [0.1, 0.15) is 23.4 Å². The molecular weight excluding hydrogens is 320 g/mol. The molecule has 3 rings (SSSR count). The first-order valence-corrected chi connectivity index (χ1v) is 8.01. The van der Waals surface area contributed by atoms with Crippen molar-refractivity contribution in [2.24, 2.45) is 0 Å². The van der Waals surface area contributed by atoms with Gasteiger partial charge in [-0.25, -0.2) is 0 Å². The fraction of sp³-hybridized carbons (Fsp3) is 0.250. The highest BCUT2D eigenvalue weighted by molar-refractivity contribution is 6.09. The number of carbonyl (C=O) groups is 1. The predicted molar refractivity (Wildman–Crippen MR) is 94.0 cm³/mol. The molecule has 3 N–H and O–H groups in total. The van der Waals surface area contributed by atoms with Crippen LogP contribution < -0.4 is 4.74 Å². The topological polar surface area (TPSA) is 87.0 Å². The molecule has 0 saturated carbocycles. The highest BCUT2D eigenvalue weighted by Gasteiger charge is 2.38. The smallest absolute Gasteiger partial charge is 0.189 e. The number of fused-ring (bicyclic) bond motifs is 1. The average molecular weight is 340 g/mol. The number of rotatable bonds is 4. The Morgan fingerprint density at radius 3 is 2.48 bits per heavy atom. The van der Waals surface area contributed by atoms with E-state index in [2.05, 4.69) is 0 Å². The van der Waals surface area contributed by atoms with Gasteiger partial charge in [-0.15, -0.1) is 0 Å². The van der Waals surface area contributed by atoms with Gasteiger partial charge in [-0.1, -0.05) is 18.2 Å². The number of ketones is 1. The number of aromatic hydroxyl groups is 2. The Labute approximate surface area is 145 Å². The molecule has 1 heterocycles. The number of hydrogen-bond donors (Lipinski definition) is 3. The van der Waals surface area contributed by atoms with Crippen LogP contribution >= 0.6 is 0 Å². The van der Waals surface area contributed by atoms with Crippen molar-refractivity contribution < 1.29 is 24.9 Å². The maximum atomic E-state index is 12.6. The lowest BCUT2D eigenvalue weighted by Crippen LogP contribution is -2.39. The second-order valence-corrected chi connectivity index (χ2v) is 6.69. The van der Waals surface area contributed by atoms with Crippen LogP contribution in [0.4, 0.5) is 0 Å². The number of aliphatic hydroxyl groups is 1. The minimum Gasteiger partial charge on any atom is -0.508 e. The molecule has 0 amide bonds. The summed E-state index contributed by atoms with van der Waals surface area (Å²) in [4.78, 5) is 12.6. The first-order chi connectivity index (χ1) is 11.8. The summed E-state index contributed by atoms with van der Waals surface area (Å²) in [5.41, 5.74) is 0.565. The van der Waals surface area contributed by atoms with Gasteiger partial charge in [0.25, 0.3) is 0 Å². The third-order valence-corrected chi connectivity index (χ3v) is 4.26. The Balaban J connectivity index is 1.88. The van der Waals surface area contributed by atoms with E-state index in [0.717, 1.165) is 5.56 Å². The summed E-state index contributed by atoms with van der Waals surface area (Å²) in [6.45, 7) is 3.26. The zero-order valence-electron chi connectivity index (χ0n) is 14.1. The molecule has 25 heavy (non-hydrogen) atoms. The van der Waals surface area contributed by atoms with Gasteiger partial charge in [-0.2, -0.15) is 0 Å². The summed E-state index contributed by atoms with van der Waals surface area (Å²) in [6.07, 6.45) is 2.87. The minimum absolute atomic E-state index is 0.0563. The minimum atomic E-state index is -1.09. The van der Waals surface area contributed by atoms with Crippen LogP contribution in [0.2, 0.25) is 0 Å². The summed E-state index contributed by atoms with van der Waals surface area (Å²) in [5.74, 6) is 0.278. The first kappa shape index (κ1) is 17.0. The third-order valence-electron chi connectivity index (χ3n) is 4.26. The Morgan fingerprint density at radius 1 is 1.16 bits per heavy atom. The number of allylic oxidation sites excluding steroid dienone is 1. The van der Waals surface area contributed by atoms with E-state index in [0.29, 0.717) is 23.3 Å². The highest BCUT2D eigenvalue weighted by Crippen LogP contribution is 2.41. The molecule has 0 aromatic heterocycles. The predicted octanol–water partition coefficient (Wildman–Crippen LogP) is 3.07. The number of phenolic OH excluding ortho intramolecular Hbond substituents is 2. The molecule has 5 heteroatoms. The maximum Gasteiger partial charge on any atom is 0.189 e. The second kappa shape index (κ2) is 6.26. The van der Waals surface area contributed by atoms with Crippen LogP contribution in [0.25, 0.3) is 6.08 Å². The molecule has 0 saturated heterocycles. The monoisotopic (exact) mass is 340 g/mol. The Morgan fingerprint density at radius 2 is 1.84 bits per heavy atom. The van der Waals surface area contributed by atoms with E-state index in [1.54, 1.807) is 44.2 Å². The molecule has 1 aliphatic heterocycles. The van der Waals surface area contributed by atoms with Gasteiger partial charge in [-0.05, 0) is 49.8 Å². The van der Waals surface area contributed by atoms with Crippen molar-refractivity contribution in [3.8, 4) is 17.2 Å². The van der Waals surface area contributed by atoms with Crippen LogP contribution in [-0.2, 0) is 6.42 Å². The zero-order chi connectivity index (χ0) is 18.2. The summed E-state index contributed by atoms with van der Waals surface area (Å²) in [6, 6.07) is 9.46. The molecule has 2 aromatic rings. The molecule has 1 atom stereocenters. The van der Waals surface area contributed by atoms with Gasteiger partial charge in [0.05, 0.1) is 11.2 Å². The Kier molecular flexibility index (Phi) is 4.27. The molecule has 0 unspecified atom stereocenters. The van der Waals surface area contributed by atoms with Crippen LogP contribution in [0, 0.1) is 0 Å². The van der Waals surface area contributed by atoms with Gasteiger partial charge < -0.3 is 20.1 Å². The molecular formula is C20H20O5. The quantitative estimate of drug-likeness (QED) is 0.588. The fourth-order valence-electron chi connectivity index (χ4n) is 2.75. The Bertz CT molecular complexity index is 828. The van der Waals surface area contributed by atoms with E-state index in [9.17, 15) is 20.1 Å². The molecule has 1 aliphatic rings. The van der Waals surface area contributed by atoms with Crippen LogP contribution in [0.5, 0.6) is 17.2 Å². The Hall–Kier alpha value is -2.79. The van der Waals surface area contributed by atoms with E-state index < -0.39 is 11.7 Å². The first-order valence-electron chi connectivity index (χ1n) is 8.01.